The van der Waals surface area contributed by atoms with Gasteiger partial charge in [0.05, 0.1) is 17.6 Å². The molecule has 7 heteroatoms. The molecule has 0 saturated carbocycles. The fourth-order valence-corrected chi connectivity index (χ4v) is 2.56. The van der Waals surface area contributed by atoms with E-state index in [1.54, 1.807) is 29.1 Å². The molecule has 0 radical (unpaired) electrons. The van der Waals surface area contributed by atoms with Crippen LogP contribution in [0.15, 0.2) is 55.0 Å². The van der Waals surface area contributed by atoms with E-state index in [0.29, 0.717) is 23.4 Å². The van der Waals surface area contributed by atoms with Crippen molar-refractivity contribution in [3.05, 3.63) is 71.7 Å². The molecule has 3 rings (SSSR count). The zero-order valence-electron chi connectivity index (χ0n) is 13.9. The number of nitrogens with one attached hydrogen (secondary N) is 1. The lowest BCUT2D eigenvalue weighted by atomic mass is 10.1. The van der Waals surface area contributed by atoms with Crippen LogP contribution in [0, 0.1) is 0 Å². The van der Waals surface area contributed by atoms with Crippen molar-refractivity contribution in [3.63, 3.8) is 0 Å². The van der Waals surface area contributed by atoms with Crippen molar-refractivity contribution < 1.29 is 18.0 Å². The number of aromatic nitrogens is 2. The van der Waals surface area contributed by atoms with E-state index in [1.165, 1.54) is 12.1 Å². The first kappa shape index (κ1) is 17.7. The number of carbonyl (C=O) groups is 1. The molecule has 0 atom stereocenters. The number of nitrogens with zero attached hydrogens (tertiary/aromatic N) is 2. The van der Waals surface area contributed by atoms with E-state index in [1.807, 2.05) is 13.2 Å². The molecule has 3 aromatic rings. The molecule has 0 spiro atoms. The van der Waals surface area contributed by atoms with Crippen molar-refractivity contribution in [1.29, 1.82) is 0 Å². The first-order chi connectivity index (χ1) is 12.4. The van der Waals surface area contributed by atoms with E-state index >= 15 is 0 Å². The minimum absolute atomic E-state index is 0.346. The van der Waals surface area contributed by atoms with Crippen LogP contribution in [0.1, 0.15) is 21.5 Å². The largest absolute Gasteiger partial charge is 0.416 e. The normalized spacial score (nSPS) is 11.4. The molecule has 0 unspecified atom stereocenters. The van der Waals surface area contributed by atoms with Gasteiger partial charge >= 0.3 is 6.18 Å². The smallest absolute Gasteiger partial charge is 0.380 e. The second-order valence-corrected chi connectivity index (χ2v) is 5.90. The highest BCUT2D eigenvalue weighted by molar-refractivity contribution is 5.84. The fraction of sp³-hybridized carbons (Fsp3) is 0.158. The van der Waals surface area contributed by atoms with Gasteiger partial charge in [0.2, 0.25) is 0 Å². The molecule has 1 heterocycles. The van der Waals surface area contributed by atoms with Gasteiger partial charge in [-0.25, -0.2) is 4.98 Å². The topological polar surface area (TPSA) is 46.9 Å². The molecule has 134 valence electrons. The Morgan fingerprint density at radius 1 is 1.15 bits per heavy atom. The van der Waals surface area contributed by atoms with Crippen LogP contribution in [-0.4, -0.2) is 15.8 Å². The molecule has 2 aromatic carbocycles. The molecule has 0 fully saturated rings. The van der Waals surface area contributed by atoms with E-state index in [9.17, 15) is 18.0 Å². The lowest BCUT2D eigenvalue weighted by molar-refractivity contribution is -0.137. The van der Waals surface area contributed by atoms with Gasteiger partial charge in [0.25, 0.3) is 0 Å². The zero-order valence-corrected chi connectivity index (χ0v) is 13.9. The zero-order chi connectivity index (χ0) is 18.7. The Kier molecular flexibility index (Phi) is 4.79. The first-order valence-electron chi connectivity index (χ1n) is 7.84. The van der Waals surface area contributed by atoms with Crippen molar-refractivity contribution in [2.75, 3.05) is 5.32 Å². The highest BCUT2D eigenvalue weighted by Crippen LogP contribution is 2.30. The second kappa shape index (κ2) is 7.03. The first-order valence-corrected chi connectivity index (χ1v) is 7.84. The van der Waals surface area contributed by atoms with Gasteiger partial charge < -0.3 is 9.88 Å². The minimum atomic E-state index is -4.34. The van der Waals surface area contributed by atoms with Crippen molar-refractivity contribution >= 4 is 12.0 Å². The SMILES string of the molecule is Cn1cnc(-c2cc(C=O)ccc2NCc2ccc(C(F)(F)F)cc2)c1. The molecule has 0 saturated heterocycles. The minimum Gasteiger partial charge on any atom is -0.380 e. The molecule has 1 aromatic heterocycles. The van der Waals surface area contributed by atoms with Gasteiger partial charge in [-0.1, -0.05) is 12.1 Å². The Morgan fingerprint density at radius 3 is 2.46 bits per heavy atom. The van der Waals surface area contributed by atoms with E-state index in [4.69, 9.17) is 0 Å². The lowest BCUT2D eigenvalue weighted by Gasteiger charge is -2.12. The number of rotatable bonds is 5. The van der Waals surface area contributed by atoms with Crippen LogP contribution < -0.4 is 5.32 Å². The van der Waals surface area contributed by atoms with Crippen molar-refractivity contribution in [1.82, 2.24) is 9.55 Å². The number of hydrogen-bond acceptors (Lipinski definition) is 3. The summed E-state index contributed by atoms with van der Waals surface area (Å²) in [6.07, 6.45) is -0.107. The number of alkyl halides is 3. The van der Waals surface area contributed by atoms with Gasteiger partial charge in [0.1, 0.15) is 6.29 Å². The third-order valence-electron chi connectivity index (χ3n) is 3.92. The monoisotopic (exact) mass is 359 g/mol. The van der Waals surface area contributed by atoms with E-state index < -0.39 is 11.7 Å². The highest BCUT2D eigenvalue weighted by atomic mass is 19.4. The summed E-state index contributed by atoms with van der Waals surface area (Å²) in [7, 11) is 1.84. The van der Waals surface area contributed by atoms with Gasteiger partial charge in [-0.15, -0.1) is 0 Å². The maximum atomic E-state index is 12.6. The number of hydrogen-bond donors (Lipinski definition) is 1. The fourth-order valence-electron chi connectivity index (χ4n) is 2.56. The maximum Gasteiger partial charge on any atom is 0.416 e. The Bertz CT molecular complexity index is 915. The summed E-state index contributed by atoms with van der Waals surface area (Å²) in [5.74, 6) is 0. The summed E-state index contributed by atoms with van der Waals surface area (Å²) in [5.41, 5.74) is 2.75. The Labute approximate surface area is 148 Å². The molecule has 0 aliphatic rings. The predicted octanol–water partition coefficient (Wildman–Crippen LogP) is 4.53. The summed E-state index contributed by atoms with van der Waals surface area (Å²) in [4.78, 5) is 15.4. The maximum absolute atomic E-state index is 12.6. The van der Waals surface area contributed by atoms with Gasteiger partial charge in [0, 0.05) is 36.6 Å². The Morgan fingerprint density at radius 2 is 1.88 bits per heavy atom. The van der Waals surface area contributed by atoms with Crippen LogP contribution in [0.4, 0.5) is 18.9 Å². The number of aryl methyl sites for hydroxylation is 1. The van der Waals surface area contributed by atoms with Crippen molar-refractivity contribution in [3.8, 4) is 11.3 Å². The standard InChI is InChI=1S/C19H16F3N3O/c1-25-10-18(24-12-25)16-8-14(11-26)4-7-17(16)23-9-13-2-5-15(6-3-13)19(20,21)22/h2-8,10-12,23H,9H2,1H3. The molecule has 26 heavy (non-hydrogen) atoms. The molecule has 0 amide bonds. The van der Waals surface area contributed by atoms with Gasteiger partial charge in [0.15, 0.2) is 0 Å². The van der Waals surface area contributed by atoms with Gasteiger partial charge in [-0.3, -0.25) is 4.79 Å². The summed E-state index contributed by atoms with van der Waals surface area (Å²) in [6.45, 7) is 0.346. The average Bonchev–Trinajstić information content (AvgIpc) is 3.05. The number of carbonyl (C=O) groups excluding carboxylic acids is 1. The quantitative estimate of drug-likeness (QED) is 0.681. The van der Waals surface area contributed by atoms with Crippen LogP contribution in [-0.2, 0) is 19.8 Å². The highest BCUT2D eigenvalue weighted by Gasteiger charge is 2.29. The van der Waals surface area contributed by atoms with Crippen LogP contribution in [0.3, 0.4) is 0 Å². The van der Waals surface area contributed by atoms with Crippen molar-refractivity contribution in [2.24, 2.45) is 7.05 Å². The number of anilines is 1. The van der Waals surface area contributed by atoms with Gasteiger partial charge in [-0.2, -0.15) is 13.2 Å². The second-order valence-electron chi connectivity index (χ2n) is 5.90. The van der Waals surface area contributed by atoms with Crippen LogP contribution >= 0.6 is 0 Å². The third-order valence-corrected chi connectivity index (χ3v) is 3.92. The number of imidazole rings is 1. The molecular weight excluding hydrogens is 343 g/mol. The van der Waals surface area contributed by atoms with Gasteiger partial charge in [-0.05, 0) is 35.9 Å². The summed E-state index contributed by atoms with van der Waals surface area (Å²) in [6, 6.07) is 10.2. The third kappa shape index (κ3) is 3.93. The molecular formula is C19H16F3N3O. The van der Waals surface area contributed by atoms with Crippen LogP contribution in [0.2, 0.25) is 0 Å². The van der Waals surface area contributed by atoms with Crippen molar-refractivity contribution in [2.45, 2.75) is 12.7 Å². The van der Waals surface area contributed by atoms with E-state index in [2.05, 4.69) is 10.3 Å². The number of aldehydes is 1. The molecule has 0 aliphatic heterocycles. The summed E-state index contributed by atoms with van der Waals surface area (Å²) in [5, 5.41) is 3.20. The van der Waals surface area contributed by atoms with E-state index in [0.717, 1.165) is 29.7 Å². The van der Waals surface area contributed by atoms with E-state index in [-0.39, 0.29) is 0 Å². The lowest BCUT2D eigenvalue weighted by Crippen LogP contribution is -2.06. The molecule has 0 aliphatic carbocycles. The predicted molar refractivity (Wildman–Crippen MR) is 92.8 cm³/mol. The Balaban J connectivity index is 1.82. The molecule has 4 nitrogen and oxygen atoms in total. The summed E-state index contributed by atoms with van der Waals surface area (Å²) < 4.78 is 39.7. The average molecular weight is 359 g/mol. The number of benzene rings is 2. The molecule has 1 N–H and O–H groups in total. The van der Waals surface area contributed by atoms with Crippen LogP contribution in [0.5, 0.6) is 0 Å². The number of halogens is 3. The molecule has 0 bridgehead atoms. The summed E-state index contributed by atoms with van der Waals surface area (Å²) >= 11 is 0. The Hall–Kier alpha value is -3.09. The van der Waals surface area contributed by atoms with Crippen LogP contribution in [0.25, 0.3) is 11.3 Å².